The molecule has 3 nitrogen and oxygen atoms in total. The largest absolute Gasteiger partial charge is 0.311 e. The summed E-state index contributed by atoms with van der Waals surface area (Å²) in [5, 5.41) is 6.15. The van der Waals surface area contributed by atoms with Gasteiger partial charge in [0, 0.05) is 53.7 Å². The average molecular weight is 758 g/mol. The van der Waals surface area contributed by atoms with Crippen LogP contribution in [0.15, 0.2) is 212 Å². The molecule has 4 heteroatoms. The van der Waals surface area contributed by atoms with Crippen molar-refractivity contribution in [1.29, 1.82) is 0 Å². The van der Waals surface area contributed by atoms with Gasteiger partial charge in [-0.05, 0) is 106 Å². The molecular formula is C54H35N3S. The van der Waals surface area contributed by atoms with Crippen molar-refractivity contribution in [2.45, 2.75) is 0 Å². The molecule has 58 heavy (non-hydrogen) atoms. The van der Waals surface area contributed by atoms with Gasteiger partial charge in [-0.3, -0.25) is 0 Å². The monoisotopic (exact) mass is 757 g/mol. The Kier molecular flexibility index (Phi) is 8.34. The maximum absolute atomic E-state index is 5.29. The Morgan fingerprint density at radius 1 is 0.328 bits per heavy atom. The van der Waals surface area contributed by atoms with Crippen molar-refractivity contribution >= 4 is 70.2 Å². The van der Waals surface area contributed by atoms with E-state index in [4.69, 9.17) is 9.97 Å². The van der Waals surface area contributed by atoms with Gasteiger partial charge in [-0.2, -0.15) is 0 Å². The molecule has 9 aromatic carbocycles. The second-order valence-corrected chi connectivity index (χ2v) is 15.7. The summed E-state index contributed by atoms with van der Waals surface area (Å²) in [6.07, 6.45) is 0. The third-order valence-corrected chi connectivity index (χ3v) is 12.2. The highest BCUT2D eigenvalue weighted by molar-refractivity contribution is 7.25. The maximum atomic E-state index is 5.29. The van der Waals surface area contributed by atoms with Gasteiger partial charge in [0.05, 0.1) is 11.2 Å². The highest BCUT2D eigenvalue weighted by Crippen LogP contribution is 2.41. The molecule has 0 aliphatic carbocycles. The van der Waals surface area contributed by atoms with Crippen LogP contribution < -0.4 is 4.90 Å². The van der Waals surface area contributed by atoms with Crippen LogP contribution in [0.3, 0.4) is 0 Å². The number of rotatable bonds is 7. The minimum atomic E-state index is 0.703. The van der Waals surface area contributed by atoms with E-state index in [1.807, 2.05) is 11.3 Å². The van der Waals surface area contributed by atoms with E-state index in [-0.39, 0.29) is 0 Å². The molecule has 2 heterocycles. The van der Waals surface area contributed by atoms with Crippen molar-refractivity contribution in [3.63, 3.8) is 0 Å². The number of thiophene rings is 1. The van der Waals surface area contributed by atoms with Crippen LogP contribution in [0.2, 0.25) is 0 Å². The fourth-order valence-corrected chi connectivity index (χ4v) is 9.28. The third kappa shape index (κ3) is 6.17. The number of aromatic nitrogens is 2. The van der Waals surface area contributed by atoms with Crippen molar-refractivity contribution in [1.82, 2.24) is 9.97 Å². The summed E-state index contributed by atoms with van der Waals surface area (Å²) < 4.78 is 2.55. The van der Waals surface area contributed by atoms with E-state index in [1.54, 1.807) is 0 Å². The highest BCUT2D eigenvalue weighted by atomic mass is 32.1. The van der Waals surface area contributed by atoms with Crippen LogP contribution in [0.4, 0.5) is 17.1 Å². The summed E-state index contributed by atoms with van der Waals surface area (Å²) in [7, 11) is 0. The van der Waals surface area contributed by atoms with E-state index in [0.29, 0.717) is 5.82 Å². The molecule has 11 rings (SSSR count). The van der Waals surface area contributed by atoms with Crippen molar-refractivity contribution in [2.75, 3.05) is 4.90 Å². The molecule has 0 fully saturated rings. The first kappa shape index (κ1) is 33.9. The van der Waals surface area contributed by atoms with E-state index < -0.39 is 0 Å². The van der Waals surface area contributed by atoms with Crippen molar-refractivity contribution in [3.05, 3.63) is 212 Å². The maximum Gasteiger partial charge on any atom is 0.160 e. The molecule has 0 N–H and O–H groups in total. The second kappa shape index (κ2) is 14.3. The van der Waals surface area contributed by atoms with Crippen molar-refractivity contribution in [3.8, 4) is 44.9 Å². The number of nitrogens with zero attached hydrogens (tertiary/aromatic N) is 3. The van der Waals surface area contributed by atoms with Gasteiger partial charge in [-0.15, -0.1) is 11.3 Å². The molecule has 0 saturated carbocycles. The molecule has 0 aliphatic rings. The van der Waals surface area contributed by atoms with Crippen LogP contribution in [-0.2, 0) is 0 Å². The fourth-order valence-electron chi connectivity index (χ4n) is 8.11. The quantitative estimate of drug-likeness (QED) is 0.162. The Morgan fingerprint density at radius 2 is 0.810 bits per heavy atom. The standard InChI is InChI=1S/C54H35N3S/c1-3-11-36(12-4-1)38-19-26-44(27-20-38)57(45-28-21-39(22-29-45)37-13-5-2-6-14-37)46-30-23-40(24-31-46)54-55-50-18-10-9-17-48(50)53(56-54)43-25-32-47-49-33-41-15-7-8-16-42(41)34-52(49)58-51(47)35-43/h1-35H. The molecule has 0 spiro atoms. The lowest BCUT2D eigenvalue weighted by molar-refractivity contribution is 1.22. The Labute approximate surface area is 340 Å². The molecule has 0 aliphatic heterocycles. The van der Waals surface area contributed by atoms with E-state index in [0.717, 1.165) is 44.8 Å². The van der Waals surface area contributed by atoms with E-state index in [1.165, 1.54) is 53.2 Å². The molecular weight excluding hydrogens is 723 g/mol. The van der Waals surface area contributed by atoms with Crippen LogP contribution in [0.5, 0.6) is 0 Å². The minimum Gasteiger partial charge on any atom is -0.311 e. The predicted molar refractivity (Wildman–Crippen MR) is 246 cm³/mol. The van der Waals surface area contributed by atoms with Crippen LogP contribution in [0, 0.1) is 0 Å². The number of para-hydroxylation sites is 1. The van der Waals surface area contributed by atoms with E-state index in [9.17, 15) is 0 Å². The fraction of sp³-hybridized carbons (Fsp3) is 0. The lowest BCUT2D eigenvalue weighted by Gasteiger charge is -2.26. The van der Waals surface area contributed by atoms with Gasteiger partial charge < -0.3 is 4.90 Å². The summed E-state index contributed by atoms with van der Waals surface area (Å²) >= 11 is 1.84. The molecule has 0 bridgehead atoms. The predicted octanol–water partition coefficient (Wildman–Crippen LogP) is 15.3. The Balaban J connectivity index is 0.979. The van der Waals surface area contributed by atoms with Gasteiger partial charge in [0.1, 0.15) is 0 Å². The Hall–Kier alpha value is -7.40. The molecule has 0 saturated heterocycles. The van der Waals surface area contributed by atoms with Gasteiger partial charge in [-0.1, -0.05) is 140 Å². The first-order chi connectivity index (χ1) is 28.7. The van der Waals surface area contributed by atoms with Gasteiger partial charge in [-0.25, -0.2) is 9.97 Å². The number of hydrogen-bond donors (Lipinski definition) is 0. The zero-order chi connectivity index (χ0) is 38.4. The summed E-state index contributed by atoms with van der Waals surface area (Å²) in [6, 6.07) is 75.7. The second-order valence-electron chi connectivity index (χ2n) is 14.6. The first-order valence-corrected chi connectivity index (χ1v) is 20.4. The first-order valence-electron chi connectivity index (χ1n) is 19.6. The Morgan fingerprint density at radius 3 is 1.43 bits per heavy atom. The van der Waals surface area contributed by atoms with Gasteiger partial charge in [0.2, 0.25) is 0 Å². The van der Waals surface area contributed by atoms with Crippen molar-refractivity contribution < 1.29 is 0 Å². The molecule has 0 unspecified atom stereocenters. The molecule has 272 valence electrons. The smallest absolute Gasteiger partial charge is 0.160 e. The van der Waals surface area contributed by atoms with Gasteiger partial charge in [0.25, 0.3) is 0 Å². The summed E-state index contributed by atoms with van der Waals surface area (Å²) in [5.74, 6) is 0.703. The number of anilines is 3. The number of benzene rings is 9. The van der Waals surface area contributed by atoms with E-state index >= 15 is 0 Å². The lowest BCUT2D eigenvalue weighted by Crippen LogP contribution is -2.09. The molecule has 11 aromatic rings. The minimum absolute atomic E-state index is 0.703. The average Bonchev–Trinajstić information content (AvgIpc) is 3.65. The number of hydrogen-bond acceptors (Lipinski definition) is 4. The topological polar surface area (TPSA) is 29.0 Å². The summed E-state index contributed by atoms with van der Waals surface area (Å²) in [5.41, 5.74) is 11.9. The van der Waals surface area contributed by atoms with Gasteiger partial charge >= 0.3 is 0 Å². The summed E-state index contributed by atoms with van der Waals surface area (Å²) in [4.78, 5) is 12.7. The molecule has 0 amide bonds. The zero-order valence-electron chi connectivity index (χ0n) is 31.5. The normalized spacial score (nSPS) is 11.4. The highest BCUT2D eigenvalue weighted by Gasteiger charge is 2.17. The van der Waals surface area contributed by atoms with Crippen LogP contribution >= 0.6 is 11.3 Å². The zero-order valence-corrected chi connectivity index (χ0v) is 32.3. The van der Waals surface area contributed by atoms with Crippen LogP contribution in [-0.4, -0.2) is 9.97 Å². The van der Waals surface area contributed by atoms with E-state index in [2.05, 4.69) is 217 Å². The van der Waals surface area contributed by atoms with Gasteiger partial charge in [0.15, 0.2) is 5.82 Å². The Bertz CT molecular complexity index is 3160. The SMILES string of the molecule is c1ccc(-c2ccc(N(c3ccc(-c4ccccc4)cc3)c3ccc(-c4nc(-c5ccc6c(c5)sc5cc7ccccc7cc56)c5ccccc5n4)cc3)cc2)cc1. The third-order valence-electron chi connectivity index (χ3n) is 11.1. The van der Waals surface area contributed by atoms with Crippen LogP contribution in [0.25, 0.3) is 86.7 Å². The summed E-state index contributed by atoms with van der Waals surface area (Å²) in [6.45, 7) is 0. The number of fused-ring (bicyclic) bond motifs is 5. The van der Waals surface area contributed by atoms with Crippen molar-refractivity contribution in [2.24, 2.45) is 0 Å². The van der Waals surface area contributed by atoms with Crippen LogP contribution in [0.1, 0.15) is 0 Å². The molecule has 0 atom stereocenters. The lowest BCUT2D eigenvalue weighted by atomic mass is 10.0. The molecule has 2 aromatic heterocycles. The molecule has 0 radical (unpaired) electrons.